The molecule has 1 aromatic carbocycles. The molecule has 25 heavy (non-hydrogen) atoms. The summed E-state index contributed by atoms with van der Waals surface area (Å²) in [5, 5.41) is 0. The van der Waals surface area contributed by atoms with Gasteiger partial charge in [-0.3, -0.25) is 4.79 Å². The van der Waals surface area contributed by atoms with E-state index in [0.29, 0.717) is 13.1 Å². The van der Waals surface area contributed by atoms with Crippen molar-refractivity contribution < 1.29 is 14.3 Å². The first-order valence-corrected chi connectivity index (χ1v) is 8.52. The summed E-state index contributed by atoms with van der Waals surface area (Å²) in [5.41, 5.74) is 6.79. The summed E-state index contributed by atoms with van der Waals surface area (Å²) < 4.78 is 5.42. The molecule has 1 aliphatic rings. The lowest BCUT2D eigenvalue weighted by Crippen LogP contribution is -2.50. The topological polar surface area (TPSA) is 75.9 Å². The zero-order chi connectivity index (χ0) is 18.4. The number of hydrogen-bond donors (Lipinski definition) is 1. The van der Waals surface area contributed by atoms with Crippen molar-refractivity contribution in [1.29, 1.82) is 0 Å². The number of piperazine rings is 1. The molecule has 0 bridgehead atoms. The fraction of sp³-hybridized carbons (Fsp3) is 0.474. The van der Waals surface area contributed by atoms with Gasteiger partial charge in [0.15, 0.2) is 0 Å². The van der Waals surface area contributed by atoms with Crippen LogP contribution >= 0.6 is 0 Å². The second kappa shape index (κ2) is 8.05. The van der Waals surface area contributed by atoms with E-state index < -0.39 is 5.60 Å². The lowest BCUT2D eigenvalue weighted by Gasteiger charge is -2.36. The Balaban J connectivity index is 1.87. The van der Waals surface area contributed by atoms with Crippen LogP contribution < -0.4 is 10.6 Å². The number of carbonyl (C=O) groups excluding carboxylic acids is 2. The minimum absolute atomic E-state index is 0.244. The monoisotopic (exact) mass is 345 g/mol. The van der Waals surface area contributed by atoms with Gasteiger partial charge in [-0.05, 0) is 38.5 Å². The van der Waals surface area contributed by atoms with E-state index in [1.165, 1.54) is 0 Å². The largest absolute Gasteiger partial charge is 0.444 e. The van der Waals surface area contributed by atoms with Crippen LogP contribution in [-0.2, 0) is 9.53 Å². The van der Waals surface area contributed by atoms with Gasteiger partial charge < -0.3 is 20.3 Å². The van der Waals surface area contributed by atoms with Gasteiger partial charge in [0.25, 0.3) is 0 Å². The second-order valence-corrected chi connectivity index (χ2v) is 7.12. The van der Waals surface area contributed by atoms with Gasteiger partial charge in [-0.25, -0.2) is 4.79 Å². The number of amides is 2. The maximum Gasteiger partial charge on any atom is 0.410 e. The number of nitrogens with zero attached hydrogens (tertiary/aromatic N) is 2. The van der Waals surface area contributed by atoms with Crippen LogP contribution in [0.3, 0.4) is 0 Å². The molecule has 2 amide bonds. The normalized spacial score (nSPS) is 15.5. The van der Waals surface area contributed by atoms with Gasteiger partial charge in [-0.2, -0.15) is 0 Å². The number of benzene rings is 1. The number of rotatable bonds is 4. The van der Waals surface area contributed by atoms with Crippen LogP contribution in [0, 0.1) is 0 Å². The molecule has 1 heterocycles. The molecule has 0 radical (unpaired) electrons. The third-order valence-electron chi connectivity index (χ3n) is 3.82. The smallest absolute Gasteiger partial charge is 0.410 e. The van der Waals surface area contributed by atoms with Gasteiger partial charge in [0, 0.05) is 38.3 Å². The first kappa shape index (κ1) is 18.8. The minimum Gasteiger partial charge on any atom is -0.444 e. The molecule has 1 aliphatic heterocycles. The fourth-order valence-corrected chi connectivity index (χ4v) is 2.58. The van der Waals surface area contributed by atoms with E-state index in [1.807, 2.05) is 51.1 Å². The Hall–Kier alpha value is -2.50. The highest BCUT2D eigenvalue weighted by Gasteiger charge is 2.25. The van der Waals surface area contributed by atoms with E-state index in [-0.39, 0.29) is 18.4 Å². The van der Waals surface area contributed by atoms with Crippen LogP contribution in [-0.4, -0.2) is 48.7 Å². The number of ether oxygens (including phenoxy) is 1. The summed E-state index contributed by atoms with van der Waals surface area (Å²) in [6.45, 7) is 8.47. The Morgan fingerprint density at radius 3 is 2.24 bits per heavy atom. The zero-order valence-corrected chi connectivity index (χ0v) is 15.2. The average molecular weight is 345 g/mol. The predicted octanol–water partition coefficient (Wildman–Crippen LogP) is 2.63. The van der Waals surface area contributed by atoms with Crippen molar-refractivity contribution in [3.8, 4) is 0 Å². The third kappa shape index (κ3) is 6.14. The van der Waals surface area contributed by atoms with Gasteiger partial charge in [0.2, 0.25) is 5.91 Å². The summed E-state index contributed by atoms with van der Waals surface area (Å²) in [7, 11) is 0. The van der Waals surface area contributed by atoms with Crippen LogP contribution in [0.1, 0.15) is 32.8 Å². The van der Waals surface area contributed by atoms with Crippen LogP contribution in [0.2, 0.25) is 0 Å². The molecule has 0 aliphatic carbocycles. The maximum atomic E-state index is 12.1. The molecule has 0 saturated carbocycles. The van der Waals surface area contributed by atoms with E-state index in [2.05, 4.69) is 4.90 Å². The molecule has 2 rings (SSSR count). The highest BCUT2D eigenvalue weighted by molar-refractivity contribution is 5.76. The Labute approximate surface area is 149 Å². The number of carbonyl (C=O) groups is 2. The Morgan fingerprint density at radius 2 is 1.72 bits per heavy atom. The molecule has 1 saturated heterocycles. The van der Waals surface area contributed by atoms with Crippen LogP contribution in [0.5, 0.6) is 0 Å². The number of primary amides is 1. The molecule has 6 nitrogen and oxygen atoms in total. The first-order chi connectivity index (χ1) is 11.7. The minimum atomic E-state index is -0.466. The molecule has 136 valence electrons. The molecule has 1 aromatic rings. The highest BCUT2D eigenvalue weighted by atomic mass is 16.6. The van der Waals surface area contributed by atoms with Gasteiger partial charge in [-0.15, -0.1) is 0 Å². The first-order valence-electron chi connectivity index (χ1n) is 8.52. The van der Waals surface area contributed by atoms with E-state index in [0.717, 1.165) is 24.3 Å². The summed E-state index contributed by atoms with van der Waals surface area (Å²) in [5.74, 6) is -0.337. The Bertz CT molecular complexity index is 624. The fourth-order valence-electron chi connectivity index (χ4n) is 2.58. The lowest BCUT2D eigenvalue weighted by atomic mass is 10.1. The molecule has 2 N–H and O–H groups in total. The number of nitrogens with two attached hydrogens (primary N) is 1. The van der Waals surface area contributed by atoms with E-state index >= 15 is 0 Å². The zero-order valence-electron chi connectivity index (χ0n) is 15.2. The van der Waals surface area contributed by atoms with Crippen LogP contribution in [0.4, 0.5) is 10.5 Å². The second-order valence-electron chi connectivity index (χ2n) is 7.12. The van der Waals surface area contributed by atoms with Crippen molar-refractivity contribution in [3.63, 3.8) is 0 Å². The number of hydrogen-bond acceptors (Lipinski definition) is 4. The maximum absolute atomic E-state index is 12.1. The summed E-state index contributed by atoms with van der Waals surface area (Å²) >= 11 is 0. The Morgan fingerprint density at radius 1 is 1.12 bits per heavy atom. The van der Waals surface area contributed by atoms with Crippen molar-refractivity contribution in [2.45, 2.75) is 32.8 Å². The summed E-state index contributed by atoms with van der Waals surface area (Å²) in [6, 6.07) is 8.11. The van der Waals surface area contributed by atoms with Crippen molar-refractivity contribution in [2.24, 2.45) is 5.73 Å². The van der Waals surface area contributed by atoms with Gasteiger partial charge in [0.05, 0.1) is 0 Å². The highest BCUT2D eigenvalue weighted by Crippen LogP contribution is 2.19. The van der Waals surface area contributed by atoms with Crippen LogP contribution in [0.25, 0.3) is 6.08 Å². The molecule has 0 spiro atoms. The molecule has 0 aromatic heterocycles. The average Bonchev–Trinajstić information content (AvgIpc) is 2.54. The van der Waals surface area contributed by atoms with E-state index in [1.54, 1.807) is 11.0 Å². The number of anilines is 1. The molecule has 1 fully saturated rings. The quantitative estimate of drug-likeness (QED) is 0.910. The van der Waals surface area contributed by atoms with Crippen LogP contribution in [0.15, 0.2) is 30.3 Å². The SMILES string of the molecule is CC(C)(C)OC(=O)N1CCN(c2ccc(C=CCC(N)=O)cc2)CC1. The molecule has 6 heteroatoms. The molecule has 0 unspecified atom stereocenters. The lowest BCUT2D eigenvalue weighted by molar-refractivity contribution is -0.117. The van der Waals surface area contributed by atoms with Crippen molar-refractivity contribution in [1.82, 2.24) is 4.90 Å². The molecular weight excluding hydrogens is 318 g/mol. The Kier molecular flexibility index (Phi) is 6.07. The van der Waals surface area contributed by atoms with Gasteiger partial charge >= 0.3 is 6.09 Å². The van der Waals surface area contributed by atoms with Gasteiger partial charge in [0.1, 0.15) is 5.60 Å². The summed E-state index contributed by atoms with van der Waals surface area (Å²) in [4.78, 5) is 26.8. The standard InChI is InChI=1S/C19H27N3O3/c1-19(2,3)25-18(24)22-13-11-21(12-14-22)16-9-7-15(8-10-16)5-4-6-17(20)23/h4-5,7-10H,6,11-14H2,1-3H3,(H2,20,23). The van der Waals surface area contributed by atoms with E-state index in [9.17, 15) is 9.59 Å². The molecular formula is C19H27N3O3. The van der Waals surface area contributed by atoms with Crippen molar-refractivity contribution in [2.75, 3.05) is 31.1 Å². The van der Waals surface area contributed by atoms with E-state index in [4.69, 9.17) is 10.5 Å². The van der Waals surface area contributed by atoms with Crippen molar-refractivity contribution in [3.05, 3.63) is 35.9 Å². The van der Waals surface area contributed by atoms with Crippen molar-refractivity contribution >= 4 is 23.8 Å². The van der Waals surface area contributed by atoms with Gasteiger partial charge in [-0.1, -0.05) is 24.3 Å². The third-order valence-corrected chi connectivity index (χ3v) is 3.82. The predicted molar refractivity (Wildman–Crippen MR) is 99.3 cm³/mol. The molecule has 0 atom stereocenters. The summed E-state index contributed by atoms with van der Waals surface area (Å²) in [6.07, 6.45) is 3.64.